The molecule has 0 radical (unpaired) electrons. The van der Waals surface area contributed by atoms with Crippen molar-refractivity contribution in [3.63, 3.8) is 0 Å². The van der Waals surface area contributed by atoms with Crippen LogP contribution in [0.15, 0.2) is 0 Å². The molecule has 2 saturated heterocycles. The quantitative estimate of drug-likeness (QED) is 0.256. The van der Waals surface area contributed by atoms with Crippen LogP contribution in [0.5, 0.6) is 0 Å². The third-order valence-electron chi connectivity index (χ3n) is 2.07. The number of amides is 6. The fourth-order valence-corrected chi connectivity index (χ4v) is 1.71. The van der Waals surface area contributed by atoms with Gasteiger partial charge < -0.3 is 10.6 Å². The molecule has 9 heteroatoms. The van der Waals surface area contributed by atoms with E-state index in [1.54, 1.807) is 0 Å². The number of nitrogens with one attached hydrogen (secondary N) is 4. The first-order valence-corrected chi connectivity index (χ1v) is 4.35. The second kappa shape index (κ2) is 2.86. The number of carbonyl (C=O) groups is 4. The van der Waals surface area contributed by atoms with Crippen molar-refractivity contribution in [2.45, 2.75) is 10.9 Å². The lowest BCUT2D eigenvalue weighted by Gasteiger charge is -2.23. The van der Waals surface area contributed by atoms with E-state index in [9.17, 15) is 19.2 Å². The van der Waals surface area contributed by atoms with Gasteiger partial charge >= 0.3 is 12.1 Å². The molecule has 2 aliphatic heterocycles. The zero-order valence-electron chi connectivity index (χ0n) is 7.16. The van der Waals surface area contributed by atoms with Crippen LogP contribution < -0.4 is 21.3 Å². The SMILES string of the molecule is O=C1NC(=O)C(C2(S)NC(=O)NC2=O)N1. The lowest BCUT2D eigenvalue weighted by atomic mass is 10.1. The van der Waals surface area contributed by atoms with Gasteiger partial charge in [-0.1, -0.05) is 0 Å². The summed E-state index contributed by atoms with van der Waals surface area (Å²) in [4.78, 5) is 42.6. The molecule has 0 aliphatic carbocycles. The molecule has 0 aromatic rings. The van der Waals surface area contributed by atoms with E-state index < -0.39 is 34.8 Å². The molecule has 4 N–H and O–H groups in total. The highest BCUT2D eigenvalue weighted by molar-refractivity contribution is 7.83. The van der Waals surface area contributed by atoms with Crippen LogP contribution in [0.1, 0.15) is 0 Å². The highest BCUT2D eigenvalue weighted by Gasteiger charge is 2.55. The molecule has 80 valence electrons. The summed E-state index contributed by atoms with van der Waals surface area (Å²) < 4.78 is 0. The average Bonchev–Trinajstić information content (AvgIpc) is 2.55. The molecule has 0 aromatic carbocycles. The first-order chi connectivity index (χ1) is 6.93. The van der Waals surface area contributed by atoms with Crippen LogP contribution >= 0.6 is 12.6 Å². The molecule has 0 spiro atoms. The zero-order valence-corrected chi connectivity index (χ0v) is 8.05. The number of imide groups is 2. The maximum Gasteiger partial charge on any atom is 0.323 e. The van der Waals surface area contributed by atoms with Gasteiger partial charge in [0, 0.05) is 0 Å². The first kappa shape index (κ1) is 9.77. The van der Waals surface area contributed by atoms with Gasteiger partial charge in [-0.25, -0.2) is 9.59 Å². The summed E-state index contributed by atoms with van der Waals surface area (Å²) in [6, 6.07) is -2.71. The van der Waals surface area contributed by atoms with Crippen LogP contribution in [0.3, 0.4) is 0 Å². The van der Waals surface area contributed by atoms with Gasteiger partial charge in [0.2, 0.25) is 0 Å². The fourth-order valence-electron chi connectivity index (χ4n) is 1.37. The number of carbonyl (C=O) groups excluding carboxylic acids is 4. The normalized spacial score (nSPS) is 34.6. The molecule has 2 fully saturated rings. The van der Waals surface area contributed by atoms with E-state index in [1.165, 1.54) is 0 Å². The van der Waals surface area contributed by atoms with Crippen molar-refractivity contribution >= 4 is 36.5 Å². The molecule has 2 heterocycles. The molecule has 2 aliphatic rings. The molecule has 15 heavy (non-hydrogen) atoms. The minimum Gasteiger partial charge on any atom is -0.322 e. The predicted octanol–water partition coefficient (Wildman–Crippen LogP) is -2.34. The largest absolute Gasteiger partial charge is 0.323 e. The number of hydrogen-bond acceptors (Lipinski definition) is 5. The molecule has 8 nitrogen and oxygen atoms in total. The highest BCUT2D eigenvalue weighted by Crippen LogP contribution is 2.22. The number of rotatable bonds is 1. The molecular weight excluding hydrogens is 224 g/mol. The molecule has 0 aromatic heterocycles. The van der Waals surface area contributed by atoms with Crippen molar-refractivity contribution in [1.29, 1.82) is 0 Å². The maximum atomic E-state index is 11.3. The number of urea groups is 2. The van der Waals surface area contributed by atoms with Crippen LogP contribution in [0.4, 0.5) is 9.59 Å². The highest BCUT2D eigenvalue weighted by atomic mass is 32.1. The van der Waals surface area contributed by atoms with Crippen molar-refractivity contribution in [3.8, 4) is 0 Å². The van der Waals surface area contributed by atoms with Crippen LogP contribution in [0.2, 0.25) is 0 Å². The van der Waals surface area contributed by atoms with Crippen molar-refractivity contribution in [3.05, 3.63) is 0 Å². The molecule has 6 amide bonds. The van der Waals surface area contributed by atoms with Crippen molar-refractivity contribution in [2.75, 3.05) is 0 Å². The van der Waals surface area contributed by atoms with Gasteiger partial charge in [0.15, 0.2) is 10.9 Å². The zero-order chi connectivity index (χ0) is 11.2. The molecule has 2 rings (SSSR count). The van der Waals surface area contributed by atoms with E-state index in [4.69, 9.17) is 0 Å². The van der Waals surface area contributed by atoms with E-state index in [0.29, 0.717) is 0 Å². The Bertz CT molecular complexity index is 397. The standard InChI is InChI=1S/C6H6N4O4S/c11-2-1(7-4(13)8-2)6(15)3(12)9-5(14)10-6/h1,15H,(H2,7,8,11,13)(H2,9,10,12,14). The van der Waals surface area contributed by atoms with Gasteiger partial charge in [-0.05, 0) is 0 Å². The van der Waals surface area contributed by atoms with Crippen molar-refractivity contribution in [2.24, 2.45) is 0 Å². The second-order valence-corrected chi connectivity index (χ2v) is 3.78. The summed E-state index contributed by atoms with van der Waals surface area (Å²) in [5.41, 5.74) is 0. The Labute approximate surface area is 88.6 Å². The molecule has 2 unspecified atom stereocenters. The van der Waals surface area contributed by atoms with Gasteiger partial charge in [0.05, 0.1) is 0 Å². The molecule has 2 atom stereocenters. The van der Waals surface area contributed by atoms with E-state index in [-0.39, 0.29) is 0 Å². The number of hydrogen-bond donors (Lipinski definition) is 5. The van der Waals surface area contributed by atoms with E-state index in [1.807, 2.05) is 10.6 Å². The maximum absolute atomic E-state index is 11.3. The summed E-state index contributed by atoms with van der Waals surface area (Å²) in [6.45, 7) is 0. The third-order valence-corrected chi connectivity index (χ3v) is 2.64. The Morgan fingerprint density at radius 1 is 1.07 bits per heavy atom. The Hall–Kier alpha value is -1.77. The average molecular weight is 230 g/mol. The van der Waals surface area contributed by atoms with Crippen molar-refractivity contribution < 1.29 is 19.2 Å². The van der Waals surface area contributed by atoms with Crippen LogP contribution in [0.25, 0.3) is 0 Å². The predicted molar refractivity (Wildman–Crippen MR) is 48.9 cm³/mol. The Kier molecular flexibility index (Phi) is 1.86. The minimum absolute atomic E-state index is 0.715. The lowest BCUT2D eigenvalue weighted by Crippen LogP contribution is -2.58. The monoisotopic (exact) mass is 230 g/mol. The summed E-state index contributed by atoms with van der Waals surface area (Å²) in [5.74, 6) is -1.49. The van der Waals surface area contributed by atoms with Gasteiger partial charge in [-0.2, -0.15) is 0 Å². The third kappa shape index (κ3) is 1.31. The van der Waals surface area contributed by atoms with Gasteiger partial charge in [0.25, 0.3) is 11.8 Å². The van der Waals surface area contributed by atoms with Crippen LogP contribution in [-0.2, 0) is 9.59 Å². The smallest absolute Gasteiger partial charge is 0.322 e. The van der Waals surface area contributed by atoms with E-state index >= 15 is 0 Å². The second-order valence-electron chi connectivity index (χ2n) is 3.07. The first-order valence-electron chi connectivity index (χ1n) is 3.91. The Balaban J connectivity index is 2.30. The molecular formula is C6H6N4O4S. The molecule has 0 saturated carbocycles. The van der Waals surface area contributed by atoms with E-state index in [0.717, 1.165) is 0 Å². The van der Waals surface area contributed by atoms with Crippen LogP contribution in [-0.4, -0.2) is 34.8 Å². The molecule has 0 bridgehead atoms. The van der Waals surface area contributed by atoms with E-state index in [2.05, 4.69) is 23.3 Å². The summed E-state index contributed by atoms with van der Waals surface area (Å²) in [6.07, 6.45) is 0. The fraction of sp³-hybridized carbons (Fsp3) is 0.333. The minimum atomic E-state index is -1.74. The lowest BCUT2D eigenvalue weighted by molar-refractivity contribution is -0.127. The van der Waals surface area contributed by atoms with Crippen LogP contribution in [0, 0.1) is 0 Å². The summed E-state index contributed by atoms with van der Waals surface area (Å²) in [5, 5.41) is 8.21. The van der Waals surface area contributed by atoms with Crippen molar-refractivity contribution in [1.82, 2.24) is 21.3 Å². The Morgan fingerprint density at radius 3 is 2.13 bits per heavy atom. The Morgan fingerprint density at radius 2 is 1.73 bits per heavy atom. The topological polar surface area (TPSA) is 116 Å². The number of thiol groups is 1. The van der Waals surface area contributed by atoms with Gasteiger partial charge in [0.1, 0.15) is 0 Å². The summed E-state index contributed by atoms with van der Waals surface area (Å²) >= 11 is 3.91. The van der Waals surface area contributed by atoms with Gasteiger partial charge in [-0.15, -0.1) is 12.6 Å². The van der Waals surface area contributed by atoms with Gasteiger partial charge in [-0.3, -0.25) is 20.2 Å². The summed E-state index contributed by atoms with van der Waals surface area (Å²) in [7, 11) is 0.